The smallest absolute Gasteiger partial charge is 0.259 e. The SMILES string of the molecule is C[C@@H]1CN([C@@H](C)CO)C(=O)c2cc(C3=CCCCC3)cnc2O[C@H]1CN(C)Cc1ccccc1F. The molecule has 0 bridgehead atoms. The van der Waals surface area contributed by atoms with E-state index in [0.717, 1.165) is 24.8 Å². The number of pyridine rings is 1. The normalized spacial score (nSPS) is 21.6. The summed E-state index contributed by atoms with van der Waals surface area (Å²) < 4.78 is 20.6. The van der Waals surface area contributed by atoms with Crippen molar-refractivity contribution in [2.24, 2.45) is 5.92 Å². The van der Waals surface area contributed by atoms with Gasteiger partial charge in [-0.25, -0.2) is 9.37 Å². The van der Waals surface area contributed by atoms with Gasteiger partial charge in [-0.2, -0.15) is 0 Å². The molecule has 1 aromatic heterocycles. The molecule has 0 saturated carbocycles. The third-order valence-electron chi connectivity index (χ3n) is 7.07. The second kappa shape index (κ2) is 11.3. The molecule has 7 heteroatoms. The first-order valence-electron chi connectivity index (χ1n) is 12.6. The minimum atomic E-state index is -0.328. The van der Waals surface area contributed by atoms with Crippen LogP contribution < -0.4 is 4.74 Å². The fourth-order valence-corrected chi connectivity index (χ4v) is 4.89. The van der Waals surface area contributed by atoms with Gasteiger partial charge in [-0.3, -0.25) is 9.69 Å². The van der Waals surface area contributed by atoms with Gasteiger partial charge < -0.3 is 14.7 Å². The summed E-state index contributed by atoms with van der Waals surface area (Å²) in [6, 6.07) is 8.35. The Balaban J connectivity index is 1.63. The number of rotatable bonds is 7. The Kier molecular flexibility index (Phi) is 8.19. The van der Waals surface area contributed by atoms with E-state index in [1.165, 1.54) is 18.1 Å². The number of amides is 1. The number of likely N-dealkylation sites (N-methyl/N-ethyl adjacent to an activating group) is 1. The van der Waals surface area contributed by atoms with Crippen LogP contribution in [-0.2, 0) is 6.54 Å². The quantitative estimate of drug-likeness (QED) is 0.630. The van der Waals surface area contributed by atoms with Crippen molar-refractivity contribution in [3.8, 4) is 5.88 Å². The summed E-state index contributed by atoms with van der Waals surface area (Å²) in [6.07, 6.45) is 8.11. The van der Waals surface area contributed by atoms with Crippen molar-refractivity contribution in [1.29, 1.82) is 0 Å². The molecule has 3 atom stereocenters. The number of hydrogen-bond donors (Lipinski definition) is 1. The van der Waals surface area contributed by atoms with Crippen LogP contribution in [0.15, 0.2) is 42.6 Å². The molecule has 35 heavy (non-hydrogen) atoms. The predicted octanol–water partition coefficient (Wildman–Crippen LogP) is 4.53. The Morgan fingerprint density at radius 2 is 2.11 bits per heavy atom. The zero-order chi connectivity index (χ0) is 24.9. The van der Waals surface area contributed by atoms with Crippen LogP contribution in [0.4, 0.5) is 4.39 Å². The molecular formula is C28H36FN3O3. The monoisotopic (exact) mass is 481 g/mol. The van der Waals surface area contributed by atoms with Crippen LogP contribution in [0.25, 0.3) is 5.57 Å². The highest BCUT2D eigenvalue weighted by Crippen LogP contribution is 2.32. The van der Waals surface area contributed by atoms with Gasteiger partial charge in [0.25, 0.3) is 5.91 Å². The molecule has 2 aliphatic rings. The van der Waals surface area contributed by atoms with Crippen molar-refractivity contribution in [2.45, 2.75) is 58.2 Å². The molecule has 2 heterocycles. The van der Waals surface area contributed by atoms with Crippen LogP contribution in [0.5, 0.6) is 5.88 Å². The predicted molar refractivity (Wildman–Crippen MR) is 135 cm³/mol. The van der Waals surface area contributed by atoms with Crippen LogP contribution in [0, 0.1) is 11.7 Å². The first kappa shape index (κ1) is 25.3. The summed E-state index contributed by atoms with van der Waals surface area (Å²) in [6.45, 7) is 5.21. The topological polar surface area (TPSA) is 65.9 Å². The molecule has 4 rings (SSSR count). The third kappa shape index (κ3) is 5.90. The van der Waals surface area contributed by atoms with Crippen molar-refractivity contribution in [3.05, 3.63) is 65.1 Å². The summed E-state index contributed by atoms with van der Waals surface area (Å²) in [4.78, 5) is 22.0. The average molecular weight is 482 g/mol. The van der Waals surface area contributed by atoms with E-state index in [9.17, 15) is 14.3 Å². The molecule has 0 spiro atoms. The molecule has 0 saturated heterocycles. The first-order chi connectivity index (χ1) is 16.9. The number of aliphatic hydroxyl groups is 1. The van der Waals surface area contributed by atoms with Gasteiger partial charge in [-0.1, -0.05) is 31.2 Å². The molecule has 1 aliphatic heterocycles. The van der Waals surface area contributed by atoms with E-state index in [4.69, 9.17) is 4.74 Å². The zero-order valence-corrected chi connectivity index (χ0v) is 20.9. The minimum absolute atomic E-state index is 0.0216. The van der Waals surface area contributed by atoms with Gasteiger partial charge >= 0.3 is 0 Å². The third-order valence-corrected chi connectivity index (χ3v) is 7.07. The maximum absolute atomic E-state index is 14.2. The van der Waals surface area contributed by atoms with Gasteiger partial charge in [0, 0.05) is 37.3 Å². The van der Waals surface area contributed by atoms with E-state index in [-0.39, 0.29) is 36.4 Å². The molecule has 2 aromatic rings. The van der Waals surface area contributed by atoms with E-state index < -0.39 is 0 Å². The average Bonchev–Trinajstić information content (AvgIpc) is 2.87. The lowest BCUT2D eigenvalue weighted by molar-refractivity contribution is 0.0324. The van der Waals surface area contributed by atoms with Crippen LogP contribution in [-0.4, -0.2) is 64.7 Å². The number of aliphatic hydroxyl groups excluding tert-OH is 1. The van der Waals surface area contributed by atoms with E-state index in [2.05, 4.69) is 11.1 Å². The van der Waals surface area contributed by atoms with Crippen molar-refractivity contribution >= 4 is 11.5 Å². The van der Waals surface area contributed by atoms with E-state index in [1.807, 2.05) is 37.9 Å². The van der Waals surface area contributed by atoms with Crippen LogP contribution in [0.2, 0.25) is 0 Å². The second-order valence-electron chi connectivity index (χ2n) is 9.96. The van der Waals surface area contributed by atoms with Gasteiger partial charge in [0.1, 0.15) is 17.5 Å². The Bertz CT molecular complexity index is 1070. The number of carbonyl (C=O) groups is 1. The summed E-state index contributed by atoms with van der Waals surface area (Å²) >= 11 is 0. The maximum Gasteiger partial charge on any atom is 0.259 e. The molecule has 1 N–H and O–H groups in total. The van der Waals surface area contributed by atoms with Crippen molar-refractivity contribution in [2.75, 3.05) is 26.7 Å². The summed E-state index contributed by atoms with van der Waals surface area (Å²) in [5.74, 6) is -0.0961. The summed E-state index contributed by atoms with van der Waals surface area (Å²) in [5, 5.41) is 9.87. The molecule has 0 unspecified atom stereocenters. The van der Waals surface area contributed by atoms with Crippen molar-refractivity contribution in [1.82, 2.24) is 14.8 Å². The van der Waals surface area contributed by atoms with Crippen molar-refractivity contribution < 1.29 is 19.0 Å². The fourth-order valence-electron chi connectivity index (χ4n) is 4.89. The molecule has 0 fully saturated rings. The summed E-state index contributed by atoms with van der Waals surface area (Å²) in [7, 11) is 1.94. The number of aromatic nitrogens is 1. The number of allylic oxidation sites excluding steroid dienone is 2. The molecule has 1 amide bonds. The van der Waals surface area contributed by atoms with Crippen LogP contribution >= 0.6 is 0 Å². The number of carbonyl (C=O) groups excluding carboxylic acids is 1. The number of nitrogens with zero attached hydrogens (tertiary/aromatic N) is 3. The second-order valence-corrected chi connectivity index (χ2v) is 9.96. The molecule has 188 valence electrons. The maximum atomic E-state index is 14.2. The minimum Gasteiger partial charge on any atom is -0.472 e. The highest BCUT2D eigenvalue weighted by atomic mass is 19.1. The Morgan fingerprint density at radius 1 is 1.31 bits per heavy atom. The first-order valence-corrected chi connectivity index (χ1v) is 12.6. The summed E-state index contributed by atoms with van der Waals surface area (Å²) in [5.41, 5.74) is 3.24. The highest BCUT2D eigenvalue weighted by Gasteiger charge is 2.34. The lowest BCUT2D eigenvalue weighted by atomic mass is 9.93. The van der Waals surface area contributed by atoms with Gasteiger partial charge in [0.15, 0.2) is 0 Å². The Morgan fingerprint density at radius 3 is 2.83 bits per heavy atom. The Labute approximate surface area is 207 Å². The van der Waals surface area contributed by atoms with Crippen LogP contribution in [0.1, 0.15) is 61.0 Å². The number of ether oxygens (including phenoxy) is 1. The van der Waals surface area contributed by atoms with Gasteiger partial charge in [0.2, 0.25) is 5.88 Å². The number of fused-ring (bicyclic) bond motifs is 1. The number of halogens is 1. The van der Waals surface area contributed by atoms with Gasteiger partial charge in [-0.05, 0) is 62.9 Å². The molecule has 0 radical (unpaired) electrons. The molecular weight excluding hydrogens is 445 g/mol. The van der Waals surface area contributed by atoms with Gasteiger partial charge in [0.05, 0.1) is 12.6 Å². The van der Waals surface area contributed by atoms with E-state index in [1.54, 1.807) is 23.2 Å². The standard InChI is InChI=1S/C28H36FN3O3/c1-19-15-32(20(2)18-33)28(34)24-13-23(21-9-5-4-6-10-21)14-30-27(24)35-26(19)17-31(3)16-22-11-7-8-12-25(22)29/h7-9,11-14,19-20,26,33H,4-6,10,15-18H2,1-3H3/t19-,20+,26+/m1/s1. The van der Waals surface area contributed by atoms with E-state index in [0.29, 0.717) is 36.6 Å². The number of hydrogen-bond acceptors (Lipinski definition) is 5. The van der Waals surface area contributed by atoms with E-state index >= 15 is 0 Å². The zero-order valence-electron chi connectivity index (χ0n) is 20.9. The lowest BCUT2D eigenvalue weighted by Crippen LogP contribution is -2.49. The molecule has 1 aromatic carbocycles. The fraction of sp³-hybridized carbons (Fsp3) is 0.500. The van der Waals surface area contributed by atoms with Gasteiger partial charge in [-0.15, -0.1) is 0 Å². The highest BCUT2D eigenvalue weighted by molar-refractivity contribution is 5.97. The van der Waals surface area contributed by atoms with Crippen molar-refractivity contribution in [3.63, 3.8) is 0 Å². The lowest BCUT2D eigenvalue weighted by Gasteiger charge is -2.37. The Hall–Kier alpha value is -2.77. The largest absolute Gasteiger partial charge is 0.472 e. The molecule has 6 nitrogen and oxygen atoms in total. The van der Waals surface area contributed by atoms with Crippen LogP contribution in [0.3, 0.4) is 0 Å². The molecule has 1 aliphatic carbocycles. The number of benzene rings is 1.